The van der Waals surface area contributed by atoms with Crippen molar-refractivity contribution < 1.29 is 0 Å². The highest BCUT2D eigenvalue weighted by molar-refractivity contribution is 4.84. The fourth-order valence-electron chi connectivity index (χ4n) is 1.89. The largest absolute Gasteiger partial charge is 0.309 e. The van der Waals surface area contributed by atoms with Gasteiger partial charge in [-0.05, 0) is 38.3 Å². The van der Waals surface area contributed by atoms with Gasteiger partial charge < -0.3 is 4.90 Å². The molecule has 0 bridgehead atoms. The Balaban J connectivity index is 2.20. The summed E-state index contributed by atoms with van der Waals surface area (Å²) in [5.41, 5.74) is 0. The topological polar surface area (TPSA) is 3.24 Å². The minimum absolute atomic E-state index is 0.961. The van der Waals surface area contributed by atoms with Crippen LogP contribution in [0.3, 0.4) is 0 Å². The van der Waals surface area contributed by atoms with Gasteiger partial charge in [0.1, 0.15) is 0 Å². The molecule has 1 heteroatoms. The van der Waals surface area contributed by atoms with E-state index in [0.29, 0.717) is 0 Å². The summed E-state index contributed by atoms with van der Waals surface area (Å²) in [7, 11) is 4.32. The Kier molecular flexibility index (Phi) is 2.35. The SMILES string of the molecule is CC1CC(CN(C)C)C1C. The molecule has 0 aromatic rings. The maximum absolute atomic E-state index is 2.38. The van der Waals surface area contributed by atoms with Gasteiger partial charge in [0, 0.05) is 6.54 Å². The van der Waals surface area contributed by atoms with E-state index < -0.39 is 0 Å². The van der Waals surface area contributed by atoms with Crippen LogP contribution >= 0.6 is 0 Å². The number of nitrogens with zero attached hydrogens (tertiary/aromatic N) is 1. The Hall–Kier alpha value is -0.0400. The Morgan fingerprint density at radius 3 is 2.20 bits per heavy atom. The van der Waals surface area contributed by atoms with Crippen LogP contribution in [-0.2, 0) is 0 Å². The predicted octanol–water partition coefficient (Wildman–Crippen LogP) is 1.84. The molecular formula is C9H19N. The second-order valence-corrected chi connectivity index (χ2v) is 4.09. The molecule has 3 atom stereocenters. The molecule has 0 aliphatic heterocycles. The third-order valence-corrected chi connectivity index (χ3v) is 2.92. The molecule has 0 N–H and O–H groups in total. The van der Waals surface area contributed by atoms with Crippen LogP contribution in [0.4, 0.5) is 0 Å². The third kappa shape index (κ3) is 1.51. The van der Waals surface area contributed by atoms with Gasteiger partial charge in [0.2, 0.25) is 0 Å². The predicted molar refractivity (Wildman–Crippen MR) is 45.0 cm³/mol. The summed E-state index contributed by atoms with van der Waals surface area (Å²) >= 11 is 0. The molecule has 0 saturated heterocycles. The van der Waals surface area contributed by atoms with Crippen LogP contribution in [0.2, 0.25) is 0 Å². The van der Waals surface area contributed by atoms with Crippen LogP contribution < -0.4 is 0 Å². The Morgan fingerprint density at radius 1 is 1.30 bits per heavy atom. The maximum atomic E-state index is 2.38. The van der Waals surface area contributed by atoms with Gasteiger partial charge in [-0.1, -0.05) is 13.8 Å². The van der Waals surface area contributed by atoms with Crippen molar-refractivity contribution in [3.8, 4) is 0 Å². The van der Waals surface area contributed by atoms with Crippen LogP contribution in [0.25, 0.3) is 0 Å². The van der Waals surface area contributed by atoms with E-state index in [1.807, 2.05) is 0 Å². The molecular weight excluding hydrogens is 122 g/mol. The highest BCUT2D eigenvalue weighted by atomic mass is 15.1. The highest BCUT2D eigenvalue weighted by Gasteiger charge is 2.33. The highest BCUT2D eigenvalue weighted by Crippen LogP contribution is 2.39. The second kappa shape index (κ2) is 2.91. The van der Waals surface area contributed by atoms with Gasteiger partial charge in [0.05, 0.1) is 0 Å². The molecule has 0 amide bonds. The molecule has 3 unspecified atom stereocenters. The lowest BCUT2D eigenvalue weighted by Gasteiger charge is -2.42. The molecule has 0 spiro atoms. The van der Waals surface area contributed by atoms with Crippen LogP contribution in [0, 0.1) is 17.8 Å². The Labute approximate surface area is 64.4 Å². The van der Waals surface area contributed by atoms with Crippen molar-refractivity contribution in [2.75, 3.05) is 20.6 Å². The van der Waals surface area contributed by atoms with Crippen molar-refractivity contribution in [1.29, 1.82) is 0 Å². The Bertz CT molecular complexity index is 109. The van der Waals surface area contributed by atoms with Gasteiger partial charge in [-0.3, -0.25) is 0 Å². The lowest BCUT2D eigenvalue weighted by Crippen LogP contribution is -2.39. The smallest absolute Gasteiger partial charge is 0.000631 e. The van der Waals surface area contributed by atoms with Crippen molar-refractivity contribution in [1.82, 2.24) is 4.90 Å². The van der Waals surface area contributed by atoms with E-state index in [2.05, 4.69) is 32.8 Å². The summed E-state index contributed by atoms with van der Waals surface area (Å²) < 4.78 is 0. The summed E-state index contributed by atoms with van der Waals surface area (Å²) in [6, 6.07) is 0. The molecule has 60 valence electrons. The van der Waals surface area contributed by atoms with Crippen molar-refractivity contribution in [3.63, 3.8) is 0 Å². The zero-order chi connectivity index (χ0) is 7.72. The summed E-state index contributed by atoms with van der Waals surface area (Å²) in [5.74, 6) is 2.91. The van der Waals surface area contributed by atoms with Gasteiger partial charge in [0.25, 0.3) is 0 Å². The zero-order valence-corrected chi connectivity index (χ0v) is 7.59. The average Bonchev–Trinajstić information content (AvgIpc) is 1.86. The van der Waals surface area contributed by atoms with E-state index in [9.17, 15) is 0 Å². The quantitative estimate of drug-likeness (QED) is 0.567. The standard InChI is InChI=1S/C9H19N/c1-7-5-9(8(7)2)6-10(3)4/h7-9H,5-6H2,1-4H3. The van der Waals surface area contributed by atoms with Crippen LogP contribution in [0.1, 0.15) is 20.3 Å². The van der Waals surface area contributed by atoms with Gasteiger partial charge in [-0.2, -0.15) is 0 Å². The minimum Gasteiger partial charge on any atom is -0.309 e. The molecule has 1 rings (SSSR count). The molecule has 0 heterocycles. The zero-order valence-electron chi connectivity index (χ0n) is 7.59. The van der Waals surface area contributed by atoms with E-state index in [1.54, 1.807) is 0 Å². The van der Waals surface area contributed by atoms with Crippen LogP contribution in [0.15, 0.2) is 0 Å². The molecule has 0 aromatic heterocycles. The molecule has 0 aromatic carbocycles. The molecule has 0 radical (unpaired) electrons. The number of hydrogen-bond donors (Lipinski definition) is 0. The monoisotopic (exact) mass is 141 g/mol. The molecule has 10 heavy (non-hydrogen) atoms. The van der Waals surface area contributed by atoms with Crippen molar-refractivity contribution in [3.05, 3.63) is 0 Å². The van der Waals surface area contributed by atoms with E-state index >= 15 is 0 Å². The first-order chi connectivity index (χ1) is 4.61. The fourth-order valence-corrected chi connectivity index (χ4v) is 1.89. The van der Waals surface area contributed by atoms with Crippen LogP contribution in [0.5, 0.6) is 0 Å². The Morgan fingerprint density at radius 2 is 1.90 bits per heavy atom. The van der Waals surface area contributed by atoms with Crippen molar-refractivity contribution >= 4 is 0 Å². The lowest BCUT2D eigenvalue weighted by molar-refractivity contribution is 0.0769. The van der Waals surface area contributed by atoms with E-state index in [0.717, 1.165) is 17.8 Å². The van der Waals surface area contributed by atoms with E-state index in [1.165, 1.54) is 13.0 Å². The first kappa shape index (κ1) is 8.06. The molecule has 1 saturated carbocycles. The maximum Gasteiger partial charge on any atom is 0.000631 e. The number of hydrogen-bond acceptors (Lipinski definition) is 1. The first-order valence-corrected chi connectivity index (χ1v) is 4.26. The fraction of sp³-hybridized carbons (Fsp3) is 1.00. The summed E-state index contributed by atoms with van der Waals surface area (Å²) in [5, 5.41) is 0. The average molecular weight is 141 g/mol. The third-order valence-electron chi connectivity index (χ3n) is 2.92. The lowest BCUT2D eigenvalue weighted by atomic mass is 9.66. The van der Waals surface area contributed by atoms with Gasteiger partial charge in [-0.15, -0.1) is 0 Å². The van der Waals surface area contributed by atoms with Gasteiger partial charge >= 0.3 is 0 Å². The van der Waals surface area contributed by atoms with Gasteiger partial charge in [-0.25, -0.2) is 0 Å². The molecule has 1 fully saturated rings. The van der Waals surface area contributed by atoms with Gasteiger partial charge in [0.15, 0.2) is 0 Å². The molecule has 1 nitrogen and oxygen atoms in total. The minimum atomic E-state index is 0.961. The molecule has 1 aliphatic carbocycles. The van der Waals surface area contributed by atoms with Crippen molar-refractivity contribution in [2.24, 2.45) is 17.8 Å². The van der Waals surface area contributed by atoms with Crippen LogP contribution in [-0.4, -0.2) is 25.5 Å². The first-order valence-electron chi connectivity index (χ1n) is 4.26. The normalized spacial score (nSPS) is 39.9. The summed E-state index contributed by atoms with van der Waals surface area (Å²) in [4.78, 5) is 2.30. The van der Waals surface area contributed by atoms with Crippen molar-refractivity contribution in [2.45, 2.75) is 20.3 Å². The second-order valence-electron chi connectivity index (χ2n) is 4.09. The van der Waals surface area contributed by atoms with E-state index in [4.69, 9.17) is 0 Å². The summed E-state index contributed by atoms with van der Waals surface area (Å²) in [6.07, 6.45) is 1.44. The number of rotatable bonds is 2. The summed E-state index contributed by atoms with van der Waals surface area (Å²) in [6.45, 7) is 6.02. The van der Waals surface area contributed by atoms with E-state index in [-0.39, 0.29) is 0 Å². The molecule has 1 aliphatic rings.